The van der Waals surface area contributed by atoms with Gasteiger partial charge >= 0.3 is 0 Å². The van der Waals surface area contributed by atoms with Gasteiger partial charge in [-0.15, -0.1) is 0 Å². The lowest BCUT2D eigenvalue weighted by atomic mass is 9.82. The van der Waals surface area contributed by atoms with E-state index in [2.05, 4.69) is 219 Å². The van der Waals surface area contributed by atoms with Crippen LogP contribution in [0.1, 0.15) is 25.0 Å². The minimum atomic E-state index is -0.0946. The van der Waals surface area contributed by atoms with Crippen molar-refractivity contribution in [2.45, 2.75) is 19.3 Å². The van der Waals surface area contributed by atoms with Gasteiger partial charge in [-0.2, -0.15) is 0 Å². The molecule has 256 valence electrons. The van der Waals surface area contributed by atoms with Crippen LogP contribution in [-0.4, -0.2) is 0 Å². The molecule has 0 amide bonds. The largest absolute Gasteiger partial charge is 0.310 e. The van der Waals surface area contributed by atoms with Crippen LogP contribution in [0.5, 0.6) is 0 Å². The second-order valence-electron chi connectivity index (χ2n) is 15.0. The number of hydrogen-bond acceptors (Lipinski definition) is 1. The monoisotopic (exact) mass is 689 g/mol. The Bertz CT molecular complexity index is 2820. The fraction of sp³-hybridized carbons (Fsp3) is 0.0566. The first-order valence-corrected chi connectivity index (χ1v) is 18.8. The van der Waals surface area contributed by atoms with E-state index in [0.717, 1.165) is 17.1 Å². The van der Waals surface area contributed by atoms with Crippen molar-refractivity contribution >= 4 is 38.6 Å². The Labute approximate surface area is 317 Å². The van der Waals surface area contributed by atoms with E-state index in [9.17, 15) is 0 Å². The van der Waals surface area contributed by atoms with E-state index in [0.29, 0.717) is 0 Å². The minimum absolute atomic E-state index is 0.0946. The molecule has 0 fully saturated rings. The quantitative estimate of drug-likeness (QED) is 0.168. The van der Waals surface area contributed by atoms with Crippen LogP contribution >= 0.6 is 0 Å². The molecular weight excluding hydrogens is 651 g/mol. The van der Waals surface area contributed by atoms with Gasteiger partial charge in [-0.25, -0.2) is 0 Å². The molecule has 0 saturated carbocycles. The molecule has 0 bridgehead atoms. The Morgan fingerprint density at radius 2 is 0.833 bits per heavy atom. The van der Waals surface area contributed by atoms with Crippen molar-refractivity contribution in [1.29, 1.82) is 0 Å². The zero-order valence-corrected chi connectivity index (χ0v) is 30.5. The molecule has 0 aromatic heterocycles. The van der Waals surface area contributed by atoms with Crippen molar-refractivity contribution in [3.05, 3.63) is 211 Å². The molecule has 0 atom stereocenters. The molecule has 0 heterocycles. The van der Waals surface area contributed by atoms with Gasteiger partial charge in [-0.3, -0.25) is 0 Å². The lowest BCUT2D eigenvalue weighted by molar-refractivity contribution is 0.660. The summed E-state index contributed by atoms with van der Waals surface area (Å²) in [6.45, 7) is 4.71. The first kappa shape index (κ1) is 32.0. The van der Waals surface area contributed by atoms with Gasteiger partial charge in [0.2, 0.25) is 0 Å². The van der Waals surface area contributed by atoms with Gasteiger partial charge in [0, 0.05) is 22.5 Å². The molecule has 1 aliphatic rings. The standard InChI is InChI=1S/C53H39N/c1-53(2)51-21-9-8-18-48(51)49-33-32-44(35-52(49)53)54(42-28-24-39(25-29-42)46-19-10-15-37-14-6-7-17-45(37)46)43-30-26-40(27-31-43)47-20-11-16-38-22-23-41(34-50(38)47)36-12-4-3-5-13-36/h3-35H,1-2H3. The van der Waals surface area contributed by atoms with Crippen molar-refractivity contribution < 1.29 is 0 Å². The highest BCUT2D eigenvalue weighted by molar-refractivity contribution is 6.00. The topological polar surface area (TPSA) is 3.24 Å². The smallest absolute Gasteiger partial charge is 0.0465 e. The molecular formula is C53H39N. The molecule has 0 N–H and O–H groups in total. The number of fused-ring (bicyclic) bond motifs is 5. The van der Waals surface area contributed by atoms with Gasteiger partial charge in [0.15, 0.2) is 0 Å². The average Bonchev–Trinajstić information content (AvgIpc) is 3.46. The molecule has 1 aliphatic carbocycles. The third kappa shape index (κ3) is 5.32. The van der Waals surface area contributed by atoms with Crippen LogP contribution in [0.25, 0.3) is 66.1 Å². The predicted octanol–water partition coefficient (Wildman–Crippen LogP) is 14.8. The molecule has 1 heteroatoms. The van der Waals surface area contributed by atoms with E-state index in [1.807, 2.05) is 0 Å². The maximum atomic E-state index is 2.41. The Morgan fingerprint density at radius 3 is 1.56 bits per heavy atom. The minimum Gasteiger partial charge on any atom is -0.310 e. The van der Waals surface area contributed by atoms with Gasteiger partial charge in [0.25, 0.3) is 0 Å². The van der Waals surface area contributed by atoms with Crippen molar-refractivity contribution in [3.8, 4) is 44.5 Å². The lowest BCUT2D eigenvalue weighted by Gasteiger charge is -2.28. The van der Waals surface area contributed by atoms with Crippen molar-refractivity contribution in [2.24, 2.45) is 0 Å². The first-order chi connectivity index (χ1) is 26.5. The SMILES string of the molecule is CC1(C)c2ccccc2-c2ccc(N(c3ccc(-c4cccc5ccccc45)cc3)c3ccc(-c4cccc5ccc(-c6ccccc6)cc45)cc3)cc21. The highest BCUT2D eigenvalue weighted by Crippen LogP contribution is 2.50. The Hall–Kier alpha value is -6.70. The summed E-state index contributed by atoms with van der Waals surface area (Å²) in [6.07, 6.45) is 0. The van der Waals surface area contributed by atoms with E-state index >= 15 is 0 Å². The number of hydrogen-bond donors (Lipinski definition) is 0. The molecule has 9 aromatic carbocycles. The van der Waals surface area contributed by atoms with Crippen LogP contribution in [0.4, 0.5) is 17.1 Å². The first-order valence-electron chi connectivity index (χ1n) is 18.8. The molecule has 10 rings (SSSR count). The Morgan fingerprint density at radius 1 is 0.315 bits per heavy atom. The third-order valence-electron chi connectivity index (χ3n) is 11.5. The summed E-state index contributed by atoms with van der Waals surface area (Å²) in [7, 11) is 0. The van der Waals surface area contributed by atoms with Gasteiger partial charge in [0.05, 0.1) is 0 Å². The lowest BCUT2D eigenvalue weighted by Crippen LogP contribution is -2.16. The molecule has 54 heavy (non-hydrogen) atoms. The fourth-order valence-electron chi connectivity index (χ4n) is 8.67. The fourth-order valence-corrected chi connectivity index (χ4v) is 8.67. The zero-order valence-electron chi connectivity index (χ0n) is 30.5. The summed E-state index contributed by atoms with van der Waals surface area (Å²) in [5.74, 6) is 0. The second-order valence-corrected chi connectivity index (χ2v) is 15.0. The van der Waals surface area contributed by atoms with Crippen molar-refractivity contribution in [1.82, 2.24) is 0 Å². The van der Waals surface area contributed by atoms with Gasteiger partial charge in [-0.05, 0) is 120 Å². The van der Waals surface area contributed by atoms with E-state index in [4.69, 9.17) is 0 Å². The second kappa shape index (κ2) is 12.8. The summed E-state index contributed by atoms with van der Waals surface area (Å²) < 4.78 is 0. The summed E-state index contributed by atoms with van der Waals surface area (Å²) >= 11 is 0. The number of rotatable bonds is 6. The molecule has 1 nitrogen and oxygen atoms in total. The molecule has 0 unspecified atom stereocenters. The van der Waals surface area contributed by atoms with E-state index in [1.165, 1.54) is 77.2 Å². The van der Waals surface area contributed by atoms with Crippen LogP contribution in [0, 0.1) is 0 Å². The predicted molar refractivity (Wildman–Crippen MR) is 230 cm³/mol. The molecule has 0 spiro atoms. The van der Waals surface area contributed by atoms with E-state index in [-0.39, 0.29) is 5.41 Å². The summed E-state index contributed by atoms with van der Waals surface area (Å²) in [6, 6.07) is 73.4. The highest BCUT2D eigenvalue weighted by atomic mass is 15.1. The van der Waals surface area contributed by atoms with E-state index < -0.39 is 0 Å². The van der Waals surface area contributed by atoms with Crippen LogP contribution in [0.2, 0.25) is 0 Å². The zero-order chi connectivity index (χ0) is 36.2. The van der Waals surface area contributed by atoms with Crippen molar-refractivity contribution in [3.63, 3.8) is 0 Å². The van der Waals surface area contributed by atoms with Crippen LogP contribution in [-0.2, 0) is 5.41 Å². The molecule has 0 radical (unpaired) electrons. The Kier molecular flexibility index (Phi) is 7.56. The van der Waals surface area contributed by atoms with E-state index in [1.54, 1.807) is 0 Å². The normalized spacial score (nSPS) is 12.8. The number of benzene rings is 9. The van der Waals surface area contributed by atoms with Gasteiger partial charge in [-0.1, -0.05) is 172 Å². The third-order valence-corrected chi connectivity index (χ3v) is 11.5. The molecule has 9 aromatic rings. The Balaban J connectivity index is 1.08. The number of nitrogens with zero attached hydrogens (tertiary/aromatic N) is 1. The summed E-state index contributed by atoms with van der Waals surface area (Å²) in [5, 5.41) is 5.02. The molecule has 0 aliphatic heterocycles. The maximum absolute atomic E-state index is 2.41. The van der Waals surface area contributed by atoms with Gasteiger partial charge in [0.1, 0.15) is 0 Å². The summed E-state index contributed by atoms with van der Waals surface area (Å²) in [4.78, 5) is 2.41. The van der Waals surface area contributed by atoms with Gasteiger partial charge < -0.3 is 4.90 Å². The number of anilines is 3. The summed E-state index contributed by atoms with van der Waals surface area (Å²) in [5.41, 5.74) is 16.1. The van der Waals surface area contributed by atoms with Crippen molar-refractivity contribution in [2.75, 3.05) is 4.90 Å². The van der Waals surface area contributed by atoms with Crippen LogP contribution in [0.3, 0.4) is 0 Å². The van der Waals surface area contributed by atoms with Crippen LogP contribution in [0.15, 0.2) is 200 Å². The maximum Gasteiger partial charge on any atom is 0.0465 e. The average molecular weight is 690 g/mol. The van der Waals surface area contributed by atoms with Crippen LogP contribution < -0.4 is 4.90 Å². The molecule has 0 saturated heterocycles. The highest BCUT2D eigenvalue weighted by Gasteiger charge is 2.35.